The zero-order chi connectivity index (χ0) is 12.8. The van der Waals surface area contributed by atoms with Crippen LogP contribution in [0.15, 0.2) is 6.20 Å². The van der Waals surface area contributed by atoms with E-state index >= 15 is 0 Å². The third-order valence-electron chi connectivity index (χ3n) is 3.11. The molecule has 17 heavy (non-hydrogen) atoms. The Morgan fingerprint density at radius 1 is 1.18 bits per heavy atom. The second-order valence-electron chi connectivity index (χ2n) is 6.93. The molecule has 1 aromatic heterocycles. The highest BCUT2D eigenvalue weighted by Crippen LogP contribution is 2.35. The molecule has 0 N–H and O–H groups in total. The molecular formula is C14H22N2O. The summed E-state index contributed by atoms with van der Waals surface area (Å²) in [4.78, 5) is 9.05. The molecule has 1 unspecified atom stereocenters. The van der Waals surface area contributed by atoms with E-state index in [-0.39, 0.29) is 16.9 Å². The van der Waals surface area contributed by atoms with Crippen LogP contribution >= 0.6 is 0 Å². The minimum Gasteiger partial charge on any atom is -0.486 e. The van der Waals surface area contributed by atoms with E-state index in [1.54, 1.807) is 0 Å². The van der Waals surface area contributed by atoms with E-state index < -0.39 is 0 Å². The third-order valence-corrected chi connectivity index (χ3v) is 3.11. The van der Waals surface area contributed by atoms with Crippen LogP contribution in [0.4, 0.5) is 0 Å². The van der Waals surface area contributed by atoms with Crippen LogP contribution in [0.3, 0.4) is 0 Å². The number of ether oxygens (including phenoxy) is 1. The van der Waals surface area contributed by atoms with Gasteiger partial charge in [-0.25, -0.2) is 9.97 Å². The first-order chi connectivity index (χ1) is 7.68. The van der Waals surface area contributed by atoms with Crippen LogP contribution in [0.5, 0.6) is 5.75 Å². The summed E-state index contributed by atoms with van der Waals surface area (Å²) in [6, 6.07) is 0. The number of fused-ring (bicyclic) bond motifs is 1. The largest absolute Gasteiger partial charge is 0.486 e. The molecule has 0 saturated carbocycles. The van der Waals surface area contributed by atoms with Gasteiger partial charge >= 0.3 is 0 Å². The minimum absolute atomic E-state index is 0.00511. The quantitative estimate of drug-likeness (QED) is 0.691. The van der Waals surface area contributed by atoms with Gasteiger partial charge in [-0.05, 0) is 5.41 Å². The summed E-state index contributed by atoms with van der Waals surface area (Å²) in [7, 11) is 0. The first kappa shape index (κ1) is 12.3. The van der Waals surface area contributed by atoms with Crippen molar-refractivity contribution in [2.45, 2.75) is 59.5 Å². The van der Waals surface area contributed by atoms with Crippen molar-refractivity contribution in [2.75, 3.05) is 0 Å². The predicted molar refractivity (Wildman–Crippen MR) is 68.3 cm³/mol. The molecule has 0 fully saturated rings. The zero-order valence-corrected chi connectivity index (χ0v) is 11.7. The van der Waals surface area contributed by atoms with Crippen LogP contribution in [-0.2, 0) is 11.8 Å². The van der Waals surface area contributed by atoms with Crippen LogP contribution in [-0.4, -0.2) is 16.1 Å². The lowest BCUT2D eigenvalue weighted by molar-refractivity contribution is 0.108. The molecule has 0 spiro atoms. The van der Waals surface area contributed by atoms with Crippen molar-refractivity contribution in [2.24, 2.45) is 5.41 Å². The maximum Gasteiger partial charge on any atom is 0.159 e. The summed E-state index contributed by atoms with van der Waals surface area (Å²) in [5, 5.41) is 0. The van der Waals surface area contributed by atoms with E-state index in [9.17, 15) is 0 Å². The second-order valence-corrected chi connectivity index (χ2v) is 6.93. The molecule has 0 aliphatic carbocycles. The van der Waals surface area contributed by atoms with Gasteiger partial charge in [0.2, 0.25) is 0 Å². The molecule has 1 aliphatic heterocycles. The molecule has 0 radical (unpaired) electrons. The van der Waals surface area contributed by atoms with Crippen molar-refractivity contribution >= 4 is 0 Å². The van der Waals surface area contributed by atoms with Crippen molar-refractivity contribution in [1.29, 1.82) is 0 Å². The molecule has 0 bridgehead atoms. The molecule has 1 aromatic rings. The van der Waals surface area contributed by atoms with Gasteiger partial charge in [0.05, 0.1) is 11.9 Å². The van der Waals surface area contributed by atoms with E-state index in [0.29, 0.717) is 0 Å². The molecular weight excluding hydrogens is 212 g/mol. The molecule has 3 heteroatoms. The SMILES string of the molecule is CC(C)(C)c1ncc2c(n1)CC(C(C)(C)C)O2. The maximum absolute atomic E-state index is 5.91. The Kier molecular flexibility index (Phi) is 2.68. The molecule has 0 saturated heterocycles. The molecule has 0 aromatic carbocycles. The Labute approximate surface area is 104 Å². The first-order valence-electron chi connectivity index (χ1n) is 6.21. The molecule has 3 nitrogen and oxygen atoms in total. The van der Waals surface area contributed by atoms with Gasteiger partial charge in [-0.1, -0.05) is 41.5 Å². The fraction of sp³-hybridized carbons (Fsp3) is 0.714. The van der Waals surface area contributed by atoms with E-state index in [4.69, 9.17) is 4.74 Å². The maximum atomic E-state index is 5.91. The highest BCUT2D eigenvalue weighted by molar-refractivity contribution is 5.31. The van der Waals surface area contributed by atoms with Crippen molar-refractivity contribution in [1.82, 2.24) is 9.97 Å². The van der Waals surface area contributed by atoms with Crippen LogP contribution in [0, 0.1) is 5.41 Å². The van der Waals surface area contributed by atoms with E-state index in [2.05, 4.69) is 51.5 Å². The predicted octanol–water partition coefficient (Wildman–Crippen LogP) is 3.12. The second kappa shape index (κ2) is 3.69. The third kappa shape index (κ3) is 2.43. The van der Waals surface area contributed by atoms with Gasteiger partial charge in [0.1, 0.15) is 11.9 Å². The van der Waals surface area contributed by atoms with Crippen LogP contribution in [0.2, 0.25) is 0 Å². The Morgan fingerprint density at radius 2 is 1.82 bits per heavy atom. The lowest BCUT2D eigenvalue weighted by Gasteiger charge is -2.25. The van der Waals surface area contributed by atoms with Crippen LogP contribution in [0.25, 0.3) is 0 Å². The smallest absolute Gasteiger partial charge is 0.159 e. The van der Waals surface area contributed by atoms with Crippen molar-refractivity contribution in [3.63, 3.8) is 0 Å². The summed E-state index contributed by atoms with van der Waals surface area (Å²) < 4.78 is 5.91. The van der Waals surface area contributed by atoms with Gasteiger partial charge < -0.3 is 4.74 Å². The zero-order valence-electron chi connectivity index (χ0n) is 11.7. The van der Waals surface area contributed by atoms with Crippen LogP contribution < -0.4 is 4.74 Å². The van der Waals surface area contributed by atoms with Crippen molar-refractivity contribution < 1.29 is 4.74 Å². The molecule has 2 rings (SSSR count). The Hall–Kier alpha value is -1.12. The Morgan fingerprint density at radius 3 is 2.35 bits per heavy atom. The van der Waals surface area contributed by atoms with Crippen molar-refractivity contribution in [3.8, 4) is 5.75 Å². The fourth-order valence-electron chi connectivity index (χ4n) is 1.87. The molecule has 94 valence electrons. The standard InChI is InChI=1S/C14H22N2O/c1-13(2,3)11-7-9-10(17-11)8-15-12(16-9)14(4,5)6/h8,11H,7H2,1-6H3. The van der Waals surface area contributed by atoms with Crippen molar-refractivity contribution in [3.05, 3.63) is 17.7 Å². The Bertz CT molecular complexity index is 427. The van der Waals surface area contributed by atoms with Crippen LogP contribution in [0.1, 0.15) is 53.1 Å². The summed E-state index contributed by atoms with van der Waals surface area (Å²) >= 11 is 0. The average molecular weight is 234 g/mol. The van der Waals surface area contributed by atoms with Gasteiger partial charge in [-0.2, -0.15) is 0 Å². The van der Waals surface area contributed by atoms with Gasteiger partial charge in [0.15, 0.2) is 5.75 Å². The average Bonchev–Trinajstić information content (AvgIpc) is 2.57. The van der Waals surface area contributed by atoms with E-state index in [1.165, 1.54) is 0 Å². The Balaban J connectivity index is 2.29. The molecule has 2 heterocycles. The number of hydrogen-bond acceptors (Lipinski definition) is 3. The monoisotopic (exact) mass is 234 g/mol. The van der Waals surface area contributed by atoms with E-state index in [1.807, 2.05) is 6.20 Å². The fourth-order valence-corrected chi connectivity index (χ4v) is 1.87. The van der Waals surface area contributed by atoms with Gasteiger partial charge in [-0.3, -0.25) is 0 Å². The lowest BCUT2D eigenvalue weighted by atomic mass is 9.87. The minimum atomic E-state index is -0.00511. The topological polar surface area (TPSA) is 35.0 Å². The summed E-state index contributed by atoms with van der Waals surface area (Å²) in [6.45, 7) is 13.0. The van der Waals surface area contributed by atoms with Gasteiger partial charge in [0, 0.05) is 11.8 Å². The molecule has 1 atom stereocenters. The normalized spacial score (nSPS) is 20.0. The molecule has 0 amide bonds. The first-order valence-corrected chi connectivity index (χ1v) is 6.21. The highest BCUT2D eigenvalue weighted by Gasteiger charge is 2.34. The number of rotatable bonds is 0. The number of nitrogens with zero attached hydrogens (tertiary/aromatic N) is 2. The van der Waals surface area contributed by atoms with Gasteiger partial charge in [-0.15, -0.1) is 0 Å². The van der Waals surface area contributed by atoms with E-state index in [0.717, 1.165) is 23.7 Å². The summed E-state index contributed by atoms with van der Waals surface area (Å²) in [6.07, 6.45) is 2.93. The number of aromatic nitrogens is 2. The molecule has 1 aliphatic rings. The summed E-state index contributed by atoms with van der Waals surface area (Å²) in [5.41, 5.74) is 1.20. The lowest BCUT2D eigenvalue weighted by Crippen LogP contribution is -2.30. The number of hydrogen-bond donors (Lipinski definition) is 0. The summed E-state index contributed by atoms with van der Waals surface area (Å²) in [5.74, 6) is 1.76. The van der Waals surface area contributed by atoms with Gasteiger partial charge in [0.25, 0.3) is 0 Å². The highest BCUT2D eigenvalue weighted by atomic mass is 16.5.